The van der Waals surface area contributed by atoms with E-state index in [2.05, 4.69) is 31.0 Å². The number of piperazine rings is 1. The minimum atomic E-state index is -0.222. The fraction of sp³-hybridized carbons (Fsp3) is 0.917. The molecule has 0 saturated carbocycles. The van der Waals surface area contributed by atoms with Crippen LogP contribution in [0.4, 0.5) is 0 Å². The monoisotopic (exact) mass is 212 g/mol. The lowest BCUT2D eigenvalue weighted by Gasteiger charge is -2.43. The fourth-order valence-electron chi connectivity index (χ4n) is 2.03. The molecule has 0 radical (unpaired) electrons. The van der Waals surface area contributed by atoms with Crippen molar-refractivity contribution in [3.63, 3.8) is 0 Å². The van der Waals surface area contributed by atoms with E-state index >= 15 is 0 Å². The maximum absolute atomic E-state index is 12.4. The van der Waals surface area contributed by atoms with Crippen LogP contribution in [-0.2, 0) is 4.79 Å². The molecule has 0 aromatic heterocycles. The standard InChI is InChI=1S/C12H24N2O/c1-6-12(4,5)11(15)14-9(2)7-13-8-10(14)3/h9-10,13H,6-8H2,1-5H3. The largest absolute Gasteiger partial charge is 0.334 e. The summed E-state index contributed by atoms with van der Waals surface area (Å²) in [5.41, 5.74) is -0.222. The summed E-state index contributed by atoms with van der Waals surface area (Å²) in [6.45, 7) is 12.2. The molecule has 1 saturated heterocycles. The Balaban J connectivity index is 2.80. The first-order valence-electron chi connectivity index (χ1n) is 5.93. The van der Waals surface area contributed by atoms with Crippen LogP contribution >= 0.6 is 0 Å². The summed E-state index contributed by atoms with van der Waals surface area (Å²) >= 11 is 0. The summed E-state index contributed by atoms with van der Waals surface area (Å²) in [6.07, 6.45) is 0.898. The van der Waals surface area contributed by atoms with Gasteiger partial charge in [0.15, 0.2) is 0 Å². The first-order valence-corrected chi connectivity index (χ1v) is 5.93. The molecule has 0 aromatic rings. The molecular formula is C12H24N2O. The Labute approximate surface area is 93.2 Å². The first kappa shape index (κ1) is 12.5. The SMILES string of the molecule is CCC(C)(C)C(=O)N1C(C)CNCC1C. The molecule has 1 fully saturated rings. The van der Waals surface area contributed by atoms with Gasteiger partial charge < -0.3 is 10.2 Å². The van der Waals surface area contributed by atoms with E-state index in [1.165, 1.54) is 0 Å². The molecule has 88 valence electrons. The van der Waals surface area contributed by atoms with Crippen molar-refractivity contribution >= 4 is 5.91 Å². The molecule has 1 rings (SSSR count). The van der Waals surface area contributed by atoms with E-state index in [1.807, 2.05) is 13.8 Å². The van der Waals surface area contributed by atoms with Gasteiger partial charge in [-0.2, -0.15) is 0 Å². The van der Waals surface area contributed by atoms with Gasteiger partial charge in [0, 0.05) is 30.6 Å². The zero-order valence-electron chi connectivity index (χ0n) is 10.6. The van der Waals surface area contributed by atoms with Gasteiger partial charge in [0.25, 0.3) is 0 Å². The summed E-state index contributed by atoms with van der Waals surface area (Å²) in [6, 6.07) is 0.624. The van der Waals surface area contributed by atoms with Gasteiger partial charge in [-0.15, -0.1) is 0 Å². The van der Waals surface area contributed by atoms with Crippen molar-refractivity contribution in [2.24, 2.45) is 5.41 Å². The molecule has 3 nitrogen and oxygen atoms in total. The minimum Gasteiger partial charge on any atom is -0.334 e. The third-order valence-corrected chi connectivity index (χ3v) is 3.53. The van der Waals surface area contributed by atoms with E-state index in [9.17, 15) is 4.79 Å². The Morgan fingerprint density at radius 3 is 2.20 bits per heavy atom. The van der Waals surface area contributed by atoms with Crippen LogP contribution in [-0.4, -0.2) is 36.0 Å². The van der Waals surface area contributed by atoms with Gasteiger partial charge in [0.05, 0.1) is 0 Å². The molecule has 0 aromatic carbocycles. The maximum Gasteiger partial charge on any atom is 0.228 e. The normalized spacial score (nSPS) is 27.9. The van der Waals surface area contributed by atoms with Crippen LogP contribution in [0.25, 0.3) is 0 Å². The van der Waals surface area contributed by atoms with E-state index in [4.69, 9.17) is 0 Å². The van der Waals surface area contributed by atoms with Crippen molar-refractivity contribution in [3.8, 4) is 0 Å². The van der Waals surface area contributed by atoms with E-state index < -0.39 is 0 Å². The number of carbonyl (C=O) groups excluding carboxylic acids is 1. The minimum absolute atomic E-state index is 0.222. The zero-order valence-corrected chi connectivity index (χ0v) is 10.6. The van der Waals surface area contributed by atoms with Crippen LogP contribution < -0.4 is 5.32 Å². The quantitative estimate of drug-likeness (QED) is 0.754. The van der Waals surface area contributed by atoms with Crippen LogP contribution in [0.5, 0.6) is 0 Å². The van der Waals surface area contributed by atoms with E-state index in [-0.39, 0.29) is 5.41 Å². The highest BCUT2D eigenvalue weighted by molar-refractivity contribution is 5.82. The Kier molecular flexibility index (Phi) is 3.77. The molecule has 0 bridgehead atoms. The smallest absolute Gasteiger partial charge is 0.228 e. The second-order valence-corrected chi connectivity index (χ2v) is 5.31. The predicted molar refractivity (Wildman–Crippen MR) is 62.7 cm³/mol. The zero-order chi connectivity index (χ0) is 11.6. The maximum atomic E-state index is 12.4. The highest BCUT2D eigenvalue weighted by atomic mass is 16.2. The van der Waals surface area contributed by atoms with E-state index in [0.29, 0.717) is 18.0 Å². The third kappa shape index (κ3) is 2.51. The van der Waals surface area contributed by atoms with Gasteiger partial charge in [0.1, 0.15) is 0 Å². The van der Waals surface area contributed by atoms with Gasteiger partial charge in [-0.25, -0.2) is 0 Å². The van der Waals surface area contributed by atoms with Gasteiger partial charge in [-0.3, -0.25) is 4.79 Å². The molecular weight excluding hydrogens is 188 g/mol. The van der Waals surface area contributed by atoms with Crippen LogP contribution in [0.1, 0.15) is 41.0 Å². The number of rotatable bonds is 2. The number of nitrogens with zero attached hydrogens (tertiary/aromatic N) is 1. The number of nitrogens with one attached hydrogen (secondary N) is 1. The van der Waals surface area contributed by atoms with Crippen LogP contribution in [0.15, 0.2) is 0 Å². The van der Waals surface area contributed by atoms with Crippen LogP contribution in [0, 0.1) is 5.41 Å². The summed E-state index contributed by atoms with van der Waals surface area (Å²) in [7, 11) is 0. The number of carbonyl (C=O) groups is 1. The summed E-state index contributed by atoms with van der Waals surface area (Å²) in [5, 5.41) is 3.34. The van der Waals surface area contributed by atoms with Crippen molar-refractivity contribution in [1.29, 1.82) is 0 Å². The van der Waals surface area contributed by atoms with Crippen molar-refractivity contribution in [2.75, 3.05) is 13.1 Å². The Hall–Kier alpha value is -0.570. The topological polar surface area (TPSA) is 32.3 Å². The molecule has 2 unspecified atom stereocenters. The highest BCUT2D eigenvalue weighted by Gasteiger charge is 2.36. The van der Waals surface area contributed by atoms with E-state index in [1.54, 1.807) is 0 Å². The molecule has 1 heterocycles. The number of amides is 1. The lowest BCUT2D eigenvalue weighted by molar-refractivity contribution is -0.146. The summed E-state index contributed by atoms with van der Waals surface area (Å²) in [4.78, 5) is 14.4. The third-order valence-electron chi connectivity index (χ3n) is 3.53. The van der Waals surface area contributed by atoms with Crippen molar-refractivity contribution in [3.05, 3.63) is 0 Å². The molecule has 1 N–H and O–H groups in total. The predicted octanol–water partition coefficient (Wildman–Crippen LogP) is 1.63. The Morgan fingerprint density at radius 2 is 1.80 bits per heavy atom. The summed E-state index contributed by atoms with van der Waals surface area (Å²) in [5.74, 6) is 0.298. The fourth-order valence-corrected chi connectivity index (χ4v) is 2.03. The molecule has 0 spiro atoms. The summed E-state index contributed by atoms with van der Waals surface area (Å²) < 4.78 is 0. The lowest BCUT2D eigenvalue weighted by atomic mass is 9.87. The number of hydrogen-bond acceptors (Lipinski definition) is 2. The molecule has 3 heteroatoms. The molecule has 1 aliphatic rings. The average Bonchev–Trinajstić information content (AvgIpc) is 2.17. The van der Waals surface area contributed by atoms with Gasteiger partial charge >= 0.3 is 0 Å². The van der Waals surface area contributed by atoms with Crippen molar-refractivity contribution in [1.82, 2.24) is 10.2 Å². The molecule has 1 aliphatic heterocycles. The van der Waals surface area contributed by atoms with Crippen LogP contribution in [0.3, 0.4) is 0 Å². The molecule has 2 atom stereocenters. The Bertz CT molecular complexity index is 228. The second kappa shape index (κ2) is 4.52. The lowest BCUT2D eigenvalue weighted by Crippen LogP contribution is -2.59. The first-order chi connectivity index (χ1) is 6.90. The average molecular weight is 212 g/mol. The van der Waals surface area contributed by atoms with Crippen molar-refractivity contribution in [2.45, 2.75) is 53.1 Å². The van der Waals surface area contributed by atoms with Crippen LogP contribution in [0.2, 0.25) is 0 Å². The highest BCUT2D eigenvalue weighted by Crippen LogP contribution is 2.26. The van der Waals surface area contributed by atoms with E-state index in [0.717, 1.165) is 19.5 Å². The van der Waals surface area contributed by atoms with Gasteiger partial charge in [0.2, 0.25) is 5.91 Å². The van der Waals surface area contributed by atoms with Gasteiger partial charge in [-0.1, -0.05) is 20.8 Å². The Morgan fingerprint density at radius 1 is 1.33 bits per heavy atom. The second-order valence-electron chi connectivity index (χ2n) is 5.31. The molecule has 15 heavy (non-hydrogen) atoms. The van der Waals surface area contributed by atoms with Gasteiger partial charge in [-0.05, 0) is 20.3 Å². The van der Waals surface area contributed by atoms with Crippen molar-refractivity contribution < 1.29 is 4.79 Å². The molecule has 0 aliphatic carbocycles. The molecule has 1 amide bonds. The number of hydrogen-bond donors (Lipinski definition) is 1.